The van der Waals surface area contributed by atoms with Gasteiger partial charge in [0.05, 0.1) is 11.8 Å². The van der Waals surface area contributed by atoms with Crippen molar-refractivity contribution in [3.8, 4) is 0 Å². The van der Waals surface area contributed by atoms with Crippen molar-refractivity contribution < 1.29 is 38.1 Å². The summed E-state index contributed by atoms with van der Waals surface area (Å²) < 4.78 is 20.3. The summed E-state index contributed by atoms with van der Waals surface area (Å²) in [4.78, 5) is 44.9. The molecule has 2 rings (SSSR count). The molecular weight excluding hydrogens is 308 g/mol. The topological polar surface area (TPSA) is 105 Å². The van der Waals surface area contributed by atoms with E-state index in [1.165, 1.54) is 20.8 Å². The molecule has 5 atom stereocenters. The smallest absolute Gasteiger partial charge is 0.305 e. The van der Waals surface area contributed by atoms with Gasteiger partial charge < -0.3 is 18.9 Å². The summed E-state index contributed by atoms with van der Waals surface area (Å²) in [5, 5.41) is 0. The average molecular weight is 330 g/mol. The van der Waals surface area contributed by atoms with Crippen LogP contribution < -0.4 is 0 Å². The molecule has 8 heteroatoms. The molecule has 0 spiro atoms. The van der Waals surface area contributed by atoms with Crippen LogP contribution in [0.2, 0.25) is 0 Å². The lowest BCUT2D eigenvalue weighted by atomic mass is 10.1. The predicted molar refractivity (Wildman–Crippen MR) is 75.9 cm³/mol. The zero-order chi connectivity index (χ0) is 17.7. The summed E-state index contributed by atoms with van der Waals surface area (Å²) in [5.41, 5.74) is 0. The van der Waals surface area contributed by atoms with Gasteiger partial charge in [-0.05, 0) is 0 Å². The number of carbonyl (C=O) groups is 4. The Bertz CT molecular complexity index is 486. The van der Waals surface area contributed by atoms with Crippen molar-refractivity contribution in [3.05, 3.63) is 0 Å². The highest BCUT2D eigenvalue weighted by molar-refractivity contribution is 6.01. The Morgan fingerprint density at radius 3 is 2.00 bits per heavy atom. The molecule has 0 radical (unpaired) electrons. The van der Waals surface area contributed by atoms with Crippen LogP contribution in [-0.4, -0.2) is 48.8 Å². The van der Waals surface area contributed by atoms with E-state index in [0.29, 0.717) is 0 Å². The zero-order valence-corrected chi connectivity index (χ0v) is 13.9. The van der Waals surface area contributed by atoms with Crippen molar-refractivity contribution in [1.29, 1.82) is 0 Å². The first-order valence-corrected chi connectivity index (χ1v) is 7.48. The molecule has 2 fully saturated rings. The standard InChI is InChI=1S/C13H16O8.C2H6/c1-5(14)18-4-8-9-10(11(9)17)12(19-6(2)15)13(21-8)20-7(3)16;1-2/h8-10,12-13H,4H2,1-3H3;1-2H3. The number of hydrogen-bond donors (Lipinski definition) is 0. The van der Waals surface area contributed by atoms with Crippen LogP contribution in [0.25, 0.3) is 0 Å². The molecule has 0 amide bonds. The summed E-state index contributed by atoms with van der Waals surface area (Å²) in [6.45, 7) is 7.49. The van der Waals surface area contributed by atoms with Crippen LogP contribution in [0.4, 0.5) is 0 Å². The largest absolute Gasteiger partial charge is 0.463 e. The Hall–Kier alpha value is -1.96. The van der Waals surface area contributed by atoms with Gasteiger partial charge in [-0.2, -0.15) is 0 Å². The van der Waals surface area contributed by atoms with Crippen molar-refractivity contribution in [3.63, 3.8) is 0 Å². The Morgan fingerprint density at radius 1 is 0.957 bits per heavy atom. The highest BCUT2D eigenvalue weighted by Crippen LogP contribution is 2.47. The minimum atomic E-state index is -1.18. The lowest BCUT2D eigenvalue weighted by Gasteiger charge is -2.33. The Morgan fingerprint density at radius 2 is 1.52 bits per heavy atom. The monoisotopic (exact) mass is 330 g/mol. The van der Waals surface area contributed by atoms with Gasteiger partial charge in [-0.25, -0.2) is 0 Å². The quantitative estimate of drug-likeness (QED) is 0.545. The van der Waals surface area contributed by atoms with Crippen LogP contribution in [-0.2, 0) is 38.1 Å². The molecule has 1 saturated heterocycles. The summed E-state index contributed by atoms with van der Waals surface area (Å²) in [6, 6.07) is 0. The Balaban J connectivity index is 0.00000127. The highest BCUT2D eigenvalue weighted by Gasteiger charge is 2.66. The third-order valence-electron chi connectivity index (χ3n) is 3.30. The van der Waals surface area contributed by atoms with Crippen LogP contribution >= 0.6 is 0 Å². The second kappa shape index (κ2) is 8.05. The maximum Gasteiger partial charge on any atom is 0.305 e. The second-order valence-electron chi connectivity index (χ2n) is 4.98. The van der Waals surface area contributed by atoms with E-state index in [2.05, 4.69) is 0 Å². The van der Waals surface area contributed by atoms with Crippen molar-refractivity contribution >= 4 is 23.7 Å². The van der Waals surface area contributed by atoms with E-state index < -0.39 is 48.2 Å². The molecule has 23 heavy (non-hydrogen) atoms. The molecular formula is C15H22O8. The normalized spacial score (nSPS) is 31.0. The van der Waals surface area contributed by atoms with Crippen molar-refractivity contribution in [2.45, 2.75) is 53.1 Å². The van der Waals surface area contributed by atoms with E-state index in [1.54, 1.807) is 0 Å². The molecule has 0 aromatic heterocycles. The number of esters is 3. The van der Waals surface area contributed by atoms with Gasteiger partial charge in [0.15, 0.2) is 6.10 Å². The highest BCUT2D eigenvalue weighted by atomic mass is 16.7. The number of ketones is 1. The van der Waals surface area contributed by atoms with Crippen LogP contribution in [0, 0.1) is 11.8 Å². The third-order valence-corrected chi connectivity index (χ3v) is 3.30. The van der Waals surface area contributed by atoms with Crippen molar-refractivity contribution in [2.75, 3.05) is 6.61 Å². The number of hydrogen-bond acceptors (Lipinski definition) is 8. The summed E-state index contributed by atoms with van der Waals surface area (Å²) in [6.07, 6.45) is -2.85. The number of rotatable bonds is 4. The maximum atomic E-state index is 11.8. The van der Waals surface area contributed by atoms with Crippen LogP contribution in [0.5, 0.6) is 0 Å². The van der Waals surface area contributed by atoms with Gasteiger partial charge in [-0.15, -0.1) is 0 Å². The van der Waals surface area contributed by atoms with E-state index in [-0.39, 0.29) is 12.4 Å². The fourth-order valence-electron chi connectivity index (χ4n) is 2.48. The first-order chi connectivity index (χ1) is 10.8. The minimum Gasteiger partial charge on any atom is -0.463 e. The molecule has 1 saturated carbocycles. The number of fused-ring (bicyclic) bond motifs is 1. The lowest BCUT2D eigenvalue weighted by molar-refractivity contribution is -0.249. The van der Waals surface area contributed by atoms with Crippen LogP contribution in [0.15, 0.2) is 0 Å². The van der Waals surface area contributed by atoms with Crippen LogP contribution in [0.1, 0.15) is 34.6 Å². The zero-order valence-electron chi connectivity index (χ0n) is 13.9. The number of ether oxygens (including phenoxy) is 4. The van der Waals surface area contributed by atoms with E-state index in [4.69, 9.17) is 18.9 Å². The second-order valence-corrected chi connectivity index (χ2v) is 4.98. The third kappa shape index (κ3) is 4.75. The van der Waals surface area contributed by atoms with Crippen molar-refractivity contribution in [1.82, 2.24) is 0 Å². The van der Waals surface area contributed by atoms with Gasteiger partial charge in [-0.3, -0.25) is 19.2 Å². The summed E-state index contributed by atoms with van der Waals surface area (Å²) >= 11 is 0. The van der Waals surface area contributed by atoms with Gasteiger partial charge in [-0.1, -0.05) is 13.8 Å². The van der Waals surface area contributed by atoms with E-state index in [1.807, 2.05) is 13.8 Å². The molecule has 5 unspecified atom stereocenters. The first kappa shape index (κ1) is 19.1. The molecule has 0 N–H and O–H groups in total. The summed E-state index contributed by atoms with van der Waals surface area (Å²) in [5.74, 6) is -3.00. The summed E-state index contributed by atoms with van der Waals surface area (Å²) in [7, 11) is 0. The number of Topliss-reactive ketones (excluding diaryl/α,β-unsaturated/α-hetero) is 1. The molecule has 2 aliphatic rings. The fourth-order valence-corrected chi connectivity index (χ4v) is 2.48. The van der Waals surface area contributed by atoms with Crippen molar-refractivity contribution in [2.24, 2.45) is 11.8 Å². The van der Waals surface area contributed by atoms with Gasteiger partial charge in [0.2, 0.25) is 6.29 Å². The fraction of sp³-hybridized carbons (Fsp3) is 0.733. The molecule has 130 valence electrons. The van der Waals surface area contributed by atoms with E-state index in [0.717, 1.165) is 0 Å². The molecule has 1 aliphatic heterocycles. The Kier molecular flexibility index (Phi) is 6.68. The van der Waals surface area contributed by atoms with E-state index >= 15 is 0 Å². The maximum absolute atomic E-state index is 11.8. The molecule has 0 aromatic carbocycles. The molecule has 1 aliphatic carbocycles. The first-order valence-electron chi connectivity index (χ1n) is 7.48. The SMILES string of the molecule is CC.CC(=O)OCC1OC(OC(C)=O)C(OC(C)=O)C2C(=O)C12. The minimum absolute atomic E-state index is 0.118. The number of carbonyl (C=O) groups excluding carboxylic acids is 4. The molecule has 0 bridgehead atoms. The average Bonchev–Trinajstić information content (AvgIpc) is 3.12. The van der Waals surface area contributed by atoms with E-state index in [9.17, 15) is 19.2 Å². The predicted octanol–water partition coefficient (Wildman–Crippen LogP) is 0.611. The van der Waals surface area contributed by atoms with Crippen LogP contribution in [0.3, 0.4) is 0 Å². The molecule has 0 aromatic rings. The Labute approximate surface area is 134 Å². The van der Waals surface area contributed by atoms with Gasteiger partial charge in [0, 0.05) is 20.8 Å². The molecule has 1 heterocycles. The van der Waals surface area contributed by atoms with Gasteiger partial charge in [0.1, 0.15) is 18.5 Å². The molecule has 8 nitrogen and oxygen atoms in total. The van der Waals surface area contributed by atoms with Gasteiger partial charge in [0.25, 0.3) is 0 Å². The lowest BCUT2D eigenvalue weighted by Crippen LogP contribution is -2.47. The van der Waals surface area contributed by atoms with Gasteiger partial charge >= 0.3 is 17.9 Å².